The molecule has 0 bridgehead atoms. The molecule has 68 valence electrons. The Kier molecular flexibility index (Phi) is 3.50. The molecule has 0 saturated carbocycles. The lowest BCUT2D eigenvalue weighted by Gasteiger charge is -2.14. The minimum Gasteiger partial charge on any atom is -0.120 e. The third kappa shape index (κ3) is 2.80. The van der Waals surface area contributed by atoms with E-state index >= 15 is 0 Å². The molecule has 0 aromatic carbocycles. The molecule has 2 rings (SSSR count). The van der Waals surface area contributed by atoms with E-state index in [0.29, 0.717) is 11.8 Å². The molecule has 0 fully saturated rings. The van der Waals surface area contributed by atoms with E-state index in [4.69, 9.17) is 0 Å². The van der Waals surface area contributed by atoms with E-state index in [9.17, 15) is 0 Å². The fourth-order valence-corrected chi connectivity index (χ4v) is 1.85. The van der Waals surface area contributed by atoms with Crippen molar-refractivity contribution in [3.05, 3.63) is 48.2 Å². The minimum absolute atomic E-state index is 0.646. The summed E-state index contributed by atoms with van der Waals surface area (Å²) >= 11 is 0. The van der Waals surface area contributed by atoms with Crippen molar-refractivity contribution in [1.82, 2.24) is 0 Å². The Morgan fingerprint density at radius 1 is 0.643 bits per heavy atom. The molecule has 0 nitrogen and oxygen atoms in total. The summed E-state index contributed by atoms with van der Waals surface area (Å²) in [6, 6.07) is 0. The first-order valence-electron chi connectivity index (χ1n) is 5.32. The van der Waals surface area contributed by atoms with Gasteiger partial charge in [-0.15, -0.1) is 23.9 Å². The summed E-state index contributed by atoms with van der Waals surface area (Å²) in [5.41, 5.74) is 0. The van der Waals surface area contributed by atoms with Crippen LogP contribution in [0.25, 0.3) is 0 Å². The van der Waals surface area contributed by atoms with E-state index in [1.165, 1.54) is 12.8 Å². The molecular formula is C12H14B2. The van der Waals surface area contributed by atoms with Gasteiger partial charge in [0.05, 0.1) is 0 Å². The van der Waals surface area contributed by atoms with Crippen LogP contribution in [0, 0.1) is 11.8 Å². The number of rotatable bonds is 3. The Hall–Kier alpha value is -0.910. The molecule has 0 aromatic heterocycles. The molecule has 2 heterocycles. The molecule has 2 heteroatoms. The summed E-state index contributed by atoms with van der Waals surface area (Å²) in [6.07, 6.45) is 11.6. The highest BCUT2D eigenvalue weighted by atomic mass is 14.1. The lowest BCUT2D eigenvalue weighted by atomic mass is 9.71. The molecule has 2 aliphatic heterocycles. The van der Waals surface area contributed by atoms with Crippen LogP contribution in [0.15, 0.2) is 48.2 Å². The minimum atomic E-state index is 0.646. The average molecular weight is 180 g/mol. The normalized spacial score (nSPS) is 20.9. The van der Waals surface area contributed by atoms with Crippen LogP contribution in [0.2, 0.25) is 0 Å². The van der Waals surface area contributed by atoms with Gasteiger partial charge in [-0.05, 0) is 24.7 Å². The van der Waals surface area contributed by atoms with E-state index in [1.54, 1.807) is 0 Å². The van der Waals surface area contributed by atoms with Crippen LogP contribution in [0.4, 0.5) is 0 Å². The SMILES string of the molecule is [B]1C=CC(CCC2C=C[B]C=C2)C=C1. The molecule has 0 spiro atoms. The van der Waals surface area contributed by atoms with E-state index in [1.807, 2.05) is 0 Å². The molecule has 2 radical (unpaired) electrons. The van der Waals surface area contributed by atoms with Crippen molar-refractivity contribution in [3.8, 4) is 0 Å². The van der Waals surface area contributed by atoms with Gasteiger partial charge < -0.3 is 0 Å². The molecule has 0 unspecified atom stereocenters. The van der Waals surface area contributed by atoms with Crippen LogP contribution in [0.1, 0.15) is 12.8 Å². The third-order valence-corrected chi connectivity index (χ3v) is 2.71. The summed E-state index contributed by atoms with van der Waals surface area (Å²) in [5, 5.41) is 0. The molecule has 2 aliphatic rings. The Balaban J connectivity index is 1.76. The van der Waals surface area contributed by atoms with E-state index in [2.05, 4.69) is 62.8 Å². The van der Waals surface area contributed by atoms with Crippen LogP contribution in [-0.2, 0) is 0 Å². The molecule has 0 aliphatic carbocycles. The molecule has 0 N–H and O–H groups in total. The van der Waals surface area contributed by atoms with Crippen LogP contribution >= 0.6 is 0 Å². The van der Waals surface area contributed by atoms with Crippen LogP contribution in [-0.4, -0.2) is 14.6 Å². The van der Waals surface area contributed by atoms with Crippen molar-refractivity contribution in [2.45, 2.75) is 12.8 Å². The van der Waals surface area contributed by atoms with Crippen LogP contribution < -0.4 is 0 Å². The zero-order chi connectivity index (χ0) is 9.64. The predicted octanol–water partition coefficient (Wildman–Crippen LogP) is 2.49. The van der Waals surface area contributed by atoms with Gasteiger partial charge in [-0.25, -0.2) is 0 Å². The second-order valence-electron chi connectivity index (χ2n) is 3.83. The van der Waals surface area contributed by atoms with Crippen molar-refractivity contribution in [3.63, 3.8) is 0 Å². The molecule has 0 atom stereocenters. The van der Waals surface area contributed by atoms with E-state index in [0.717, 1.165) is 0 Å². The summed E-state index contributed by atoms with van der Waals surface area (Å²) in [5.74, 6) is 9.87. The first-order chi connectivity index (χ1) is 6.95. The summed E-state index contributed by atoms with van der Waals surface area (Å²) in [6.45, 7) is 0. The monoisotopic (exact) mass is 180 g/mol. The van der Waals surface area contributed by atoms with E-state index < -0.39 is 0 Å². The van der Waals surface area contributed by atoms with Gasteiger partial charge in [0.2, 0.25) is 0 Å². The summed E-state index contributed by atoms with van der Waals surface area (Å²) < 4.78 is 0. The fourth-order valence-electron chi connectivity index (χ4n) is 1.85. The quantitative estimate of drug-likeness (QED) is 0.585. The summed E-state index contributed by atoms with van der Waals surface area (Å²) in [7, 11) is 4.18. The van der Waals surface area contributed by atoms with Gasteiger partial charge in [0.15, 0.2) is 14.6 Å². The topological polar surface area (TPSA) is 0 Å². The van der Waals surface area contributed by atoms with Gasteiger partial charge in [-0.1, -0.05) is 24.3 Å². The first-order valence-corrected chi connectivity index (χ1v) is 5.32. The fraction of sp³-hybridized carbons (Fsp3) is 0.333. The van der Waals surface area contributed by atoms with Gasteiger partial charge in [-0.3, -0.25) is 0 Å². The third-order valence-electron chi connectivity index (χ3n) is 2.71. The van der Waals surface area contributed by atoms with E-state index in [-0.39, 0.29) is 0 Å². The van der Waals surface area contributed by atoms with Gasteiger partial charge in [-0.2, -0.15) is 0 Å². The molecule has 14 heavy (non-hydrogen) atoms. The lowest BCUT2D eigenvalue weighted by Crippen LogP contribution is -2.03. The molecule has 0 amide bonds. The number of hydrogen-bond donors (Lipinski definition) is 0. The average Bonchev–Trinajstić information content (AvgIpc) is 2.29. The van der Waals surface area contributed by atoms with Gasteiger partial charge in [0.1, 0.15) is 0 Å². The van der Waals surface area contributed by atoms with Crippen molar-refractivity contribution < 1.29 is 0 Å². The summed E-state index contributed by atoms with van der Waals surface area (Å²) in [4.78, 5) is 0. The number of allylic oxidation sites excluding steroid dienone is 4. The largest absolute Gasteiger partial charge is 0.170 e. The maximum Gasteiger partial charge on any atom is 0.170 e. The highest BCUT2D eigenvalue weighted by Gasteiger charge is 2.07. The Bertz CT molecular complexity index is 233. The van der Waals surface area contributed by atoms with Gasteiger partial charge in [0, 0.05) is 0 Å². The maximum atomic E-state index is 2.28. The maximum absolute atomic E-state index is 2.28. The number of hydrogen-bond acceptors (Lipinski definition) is 0. The zero-order valence-electron chi connectivity index (χ0n) is 8.34. The lowest BCUT2D eigenvalue weighted by molar-refractivity contribution is 0.597. The highest BCUT2D eigenvalue weighted by molar-refractivity contribution is 6.48. The van der Waals surface area contributed by atoms with Gasteiger partial charge >= 0.3 is 0 Å². The van der Waals surface area contributed by atoms with Crippen molar-refractivity contribution in [2.75, 3.05) is 0 Å². The van der Waals surface area contributed by atoms with Crippen LogP contribution in [0.5, 0.6) is 0 Å². The highest BCUT2D eigenvalue weighted by Crippen LogP contribution is 2.19. The van der Waals surface area contributed by atoms with Crippen molar-refractivity contribution in [2.24, 2.45) is 11.8 Å². The van der Waals surface area contributed by atoms with Gasteiger partial charge in [0.25, 0.3) is 0 Å². The first kappa shape index (κ1) is 9.64. The molecule has 0 aromatic rings. The Morgan fingerprint density at radius 3 is 1.36 bits per heavy atom. The van der Waals surface area contributed by atoms with Crippen LogP contribution in [0.3, 0.4) is 0 Å². The Labute approximate surface area is 88.0 Å². The zero-order valence-corrected chi connectivity index (χ0v) is 8.34. The molecule has 0 saturated heterocycles. The second-order valence-corrected chi connectivity index (χ2v) is 3.83. The van der Waals surface area contributed by atoms with Crippen molar-refractivity contribution in [1.29, 1.82) is 0 Å². The Morgan fingerprint density at radius 2 is 1.00 bits per heavy atom. The smallest absolute Gasteiger partial charge is 0.120 e. The van der Waals surface area contributed by atoms with Crippen molar-refractivity contribution >= 4 is 14.6 Å². The predicted molar refractivity (Wildman–Crippen MR) is 64.3 cm³/mol. The standard InChI is InChI=1S/C12H14B2/c1(11-3-7-13-8-4-11)2-12-5-9-14-10-6-12/h3-12H,1-2H2. The molecular weight excluding hydrogens is 166 g/mol. The second kappa shape index (κ2) is 5.09.